The van der Waals surface area contributed by atoms with E-state index in [4.69, 9.17) is 46.7 Å². The molecule has 1 aromatic carbocycles. The molecule has 0 amide bonds. The van der Waals surface area contributed by atoms with Gasteiger partial charge in [-0.05, 0) is 61.6 Å². The Balaban J connectivity index is 1.78. The Morgan fingerprint density at radius 1 is 1.08 bits per heavy atom. The van der Waals surface area contributed by atoms with Crippen LogP contribution in [0.15, 0.2) is 52.6 Å². The van der Waals surface area contributed by atoms with Crippen molar-refractivity contribution in [1.82, 2.24) is 14.5 Å². The minimum Gasteiger partial charge on any atom is -0.438 e. The van der Waals surface area contributed by atoms with Gasteiger partial charge in [-0.25, -0.2) is 4.98 Å². The number of hydrogen-bond acceptors (Lipinski definition) is 8. The van der Waals surface area contributed by atoms with Crippen LogP contribution in [0.4, 0.5) is 0 Å². The molecule has 0 spiro atoms. The Bertz CT molecular complexity index is 1300. The van der Waals surface area contributed by atoms with E-state index < -0.39 is 7.60 Å². The second-order valence-electron chi connectivity index (χ2n) is 8.51. The summed E-state index contributed by atoms with van der Waals surface area (Å²) >= 11 is 14.1. The average Bonchev–Trinajstić information content (AvgIpc) is 3.20. The van der Waals surface area contributed by atoms with Crippen molar-refractivity contribution in [2.45, 2.75) is 56.7 Å². The zero-order valence-corrected chi connectivity index (χ0v) is 25.6. The van der Waals surface area contributed by atoms with Gasteiger partial charge in [-0.15, -0.1) is 0 Å². The number of hydrogen-bond donors (Lipinski definition) is 0. The molecule has 2 heterocycles. The summed E-state index contributed by atoms with van der Waals surface area (Å²) in [6.07, 6.45) is 5.99. The van der Waals surface area contributed by atoms with Crippen molar-refractivity contribution in [2.75, 3.05) is 26.2 Å². The van der Waals surface area contributed by atoms with Gasteiger partial charge in [-0.3, -0.25) is 9.55 Å². The summed E-state index contributed by atoms with van der Waals surface area (Å²) in [5.74, 6) is 3.65. The molecule has 0 radical (unpaired) electrons. The zero-order valence-electron chi connectivity index (χ0n) is 22.4. The van der Waals surface area contributed by atoms with Crippen molar-refractivity contribution in [2.24, 2.45) is 0 Å². The van der Waals surface area contributed by atoms with Gasteiger partial charge in [0.2, 0.25) is 0 Å². The summed E-state index contributed by atoms with van der Waals surface area (Å²) in [6, 6.07) is 9.39. The number of rotatable bonds is 14. The molecule has 3 aromatic rings. The fourth-order valence-electron chi connectivity index (χ4n) is 3.52. The highest BCUT2D eigenvalue weighted by Gasteiger charge is 2.24. The number of nitrogens with zero attached hydrogens (tertiary/aromatic N) is 3. The monoisotopic (exact) mass is 611 g/mol. The average molecular weight is 613 g/mol. The summed E-state index contributed by atoms with van der Waals surface area (Å²) in [5, 5.41) is 2.10. The predicted octanol–water partition coefficient (Wildman–Crippen LogP) is 7.63. The summed E-state index contributed by atoms with van der Waals surface area (Å²) < 4.78 is 36.0. The van der Waals surface area contributed by atoms with Gasteiger partial charge >= 0.3 is 7.60 Å². The van der Waals surface area contributed by atoms with Crippen molar-refractivity contribution in [3.63, 3.8) is 0 Å². The van der Waals surface area contributed by atoms with Crippen molar-refractivity contribution in [3.05, 3.63) is 69.9 Å². The third-order valence-electron chi connectivity index (χ3n) is 5.13. The zero-order chi connectivity index (χ0) is 28.3. The molecular weight excluding hydrogens is 580 g/mol. The highest BCUT2D eigenvalue weighted by Crippen LogP contribution is 2.47. The minimum absolute atomic E-state index is 0.0173. The Morgan fingerprint density at radius 2 is 1.74 bits per heavy atom. The van der Waals surface area contributed by atoms with Crippen LogP contribution in [0.1, 0.15) is 50.7 Å². The van der Waals surface area contributed by atoms with Crippen LogP contribution < -0.4 is 0 Å². The summed E-state index contributed by atoms with van der Waals surface area (Å²) in [4.78, 5) is 9.95. The van der Waals surface area contributed by atoms with E-state index in [2.05, 4.69) is 35.4 Å². The number of ether oxygens (including phenoxy) is 2. The topological polar surface area (TPSA) is 84.7 Å². The van der Waals surface area contributed by atoms with E-state index in [1.54, 1.807) is 44.1 Å². The second kappa shape index (κ2) is 15.7. The molecule has 2 aromatic heterocycles. The van der Waals surface area contributed by atoms with Crippen molar-refractivity contribution < 1.29 is 23.1 Å². The van der Waals surface area contributed by atoms with E-state index in [1.165, 1.54) is 0 Å². The normalized spacial score (nSPS) is 11.5. The largest absolute Gasteiger partial charge is 0.438 e. The third kappa shape index (κ3) is 9.84. The first kappa shape index (κ1) is 31.5. The highest BCUT2D eigenvalue weighted by molar-refractivity contribution is 7.99. The molecule has 0 aliphatic carbocycles. The van der Waals surface area contributed by atoms with Gasteiger partial charge in [0.15, 0.2) is 6.61 Å². The third-order valence-corrected chi connectivity index (χ3v) is 8.47. The maximum absolute atomic E-state index is 12.5. The lowest BCUT2D eigenvalue weighted by molar-refractivity contribution is 0.151. The van der Waals surface area contributed by atoms with Crippen molar-refractivity contribution in [1.29, 1.82) is 0 Å². The highest BCUT2D eigenvalue weighted by atomic mass is 35.5. The van der Waals surface area contributed by atoms with Gasteiger partial charge in [0, 0.05) is 27.3 Å². The van der Waals surface area contributed by atoms with E-state index in [0.29, 0.717) is 16.6 Å². The van der Waals surface area contributed by atoms with Crippen molar-refractivity contribution in [3.8, 4) is 12.0 Å². The van der Waals surface area contributed by atoms with Crippen LogP contribution in [0.5, 0.6) is 0 Å². The first-order chi connectivity index (χ1) is 18.7. The maximum atomic E-state index is 12.5. The van der Waals surface area contributed by atoms with Crippen LogP contribution in [0, 0.1) is 12.0 Å². The van der Waals surface area contributed by atoms with Crippen LogP contribution in [0.3, 0.4) is 0 Å². The molecule has 210 valence electrons. The van der Waals surface area contributed by atoms with Gasteiger partial charge in [0.1, 0.15) is 29.9 Å². The smallest absolute Gasteiger partial charge is 0.356 e. The lowest BCUT2D eigenvalue weighted by atomic mass is 10.1. The molecule has 0 fully saturated rings. The Morgan fingerprint density at radius 3 is 2.36 bits per heavy atom. The first-order valence-electron chi connectivity index (χ1n) is 12.4. The van der Waals surface area contributed by atoms with Crippen LogP contribution in [0.2, 0.25) is 10.0 Å². The number of halogens is 2. The van der Waals surface area contributed by atoms with E-state index in [1.807, 2.05) is 24.3 Å². The number of aromatic nitrogens is 3. The SMILES string of the molecule is CCOP(=O)(COCC#COCc1nc(C(C)C)c(Sc2cc(Cl)cc(Cl)c2)n1Cc1ccncc1)OCC. The van der Waals surface area contributed by atoms with Crippen LogP contribution >= 0.6 is 42.6 Å². The van der Waals surface area contributed by atoms with Gasteiger partial charge in [-0.1, -0.05) is 48.8 Å². The molecule has 12 heteroatoms. The quantitative estimate of drug-likeness (QED) is 0.104. The lowest BCUT2D eigenvalue weighted by Crippen LogP contribution is -2.08. The van der Waals surface area contributed by atoms with Crippen LogP contribution in [-0.2, 0) is 36.2 Å². The van der Waals surface area contributed by atoms with Gasteiger partial charge < -0.3 is 23.1 Å². The lowest BCUT2D eigenvalue weighted by Gasteiger charge is -2.15. The second-order valence-corrected chi connectivity index (χ2v) is 12.4. The van der Waals surface area contributed by atoms with Gasteiger partial charge in [0.05, 0.1) is 25.5 Å². The molecule has 3 rings (SSSR count). The summed E-state index contributed by atoms with van der Waals surface area (Å²) in [6.45, 7) is 8.97. The van der Waals surface area contributed by atoms with Crippen molar-refractivity contribution >= 4 is 42.6 Å². The minimum atomic E-state index is -3.28. The number of benzene rings is 1. The molecule has 0 N–H and O–H groups in total. The predicted molar refractivity (Wildman–Crippen MR) is 154 cm³/mol. The van der Waals surface area contributed by atoms with Gasteiger partial charge in [-0.2, -0.15) is 0 Å². The molecule has 0 saturated heterocycles. The molecule has 39 heavy (non-hydrogen) atoms. The molecule has 0 aliphatic rings. The van der Waals surface area contributed by atoms with Gasteiger partial charge in [0.25, 0.3) is 0 Å². The number of imidazole rings is 1. The van der Waals surface area contributed by atoms with E-state index in [9.17, 15) is 4.57 Å². The fraction of sp³-hybridized carbons (Fsp3) is 0.407. The van der Waals surface area contributed by atoms with E-state index in [-0.39, 0.29) is 38.7 Å². The molecule has 0 saturated carbocycles. The molecular formula is C27H32Cl2N3O5PS. The standard InChI is InChI=1S/C27H32Cl2N3O5PS/c1-5-36-38(33,37-6-2)19-35-13-7-12-34-18-25-31-26(20(3)4)27(32(25)17-21-8-10-30-11-9-21)39-24-15-22(28)14-23(29)16-24/h8-11,14-16,20H,5-6,13,17-19H2,1-4H3. The van der Waals surface area contributed by atoms with E-state index in [0.717, 1.165) is 27.0 Å². The maximum Gasteiger partial charge on any atom is 0.356 e. The van der Waals surface area contributed by atoms with E-state index >= 15 is 0 Å². The Kier molecular flexibility index (Phi) is 12.7. The Labute approximate surface area is 244 Å². The fourth-order valence-corrected chi connectivity index (χ4v) is 6.77. The molecule has 0 unspecified atom stereocenters. The van der Waals surface area contributed by atoms with Crippen LogP contribution in [-0.4, -0.2) is 40.7 Å². The summed E-state index contributed by atoms with van der Waals surface area (Å²) in [7, 11) is -3.28. The molecule has 0 aliphatic heterocycles. The number of pyridine rings is 1. The molecule has 8 nitrogen and oxygen atoms in total. The summed E-state index contributed by atoms with van der Waals surface area (Å²) in [5.41, 5.74) is 2.00. The first-order valence-corrected chi connectivity index (χ1v) is 15.7. The molecule has 0 bridgehead atoms. The Hall–Kier alpha value is -2.02. The van der Waals surface area contributed by atoms with Crippen LogP contribution in [0.25, 0.3) is 0 Å². The molecule has 0 atom stereocenters.